The molecule has 2 aromatic carbocycles. The predicted octanol–water partition coefficient (Wildman–Crippen LogP) is 1.82. The predicted molar refractivity (Wildman–Crippen MR) is 98.5 cm³/mol. The molecule has 0 unspecified atom stereocenters. The monoisotopic (exact) mass is 397 g/mol. The zero-order chi connectivity index (χ0) is 20.5. The van der Waals surface area contributed by atoms with Crippen LogP contribution in [0.4, 0.5) is 0 Å². The Kier molecular flexibility index (Phi) is 4.51. The molecular weight excluding hydrogens is 382 g/mol. The number of carboxylic acid groups (broad SMARTS) is 1. The Labute approximate surface area is 163 Å². The average molecular weight is 397 g/mol. The Hall–Kier alpha value is -4.08. The summed E-state index contributed by atoms with van der Waals surface area (Å²) in [5, 5.41) is 28.5. The van der Waals surface area contributed by atoms with Gasteiger partial charge in [-0.1, -0.05) is 6.58 Å². The van der Waals surface area contributed by atoms with Crippen LogP contribution in [0.25, 0.3) is 16.7 Å². The Bertz CT molecular complexity index is 1150. The highest BCUT2D eigenvalue weighted by Gasteiger charge is 2.22. The lowest BCUT2D eigenvalue weighted by atomic mass is 10.0. The lowest BCUT2D eigenvalue weighted by Gasteiger charge is -2.07. The minimum Gasteiger partial charge on any atom is -0.505 e. The molecule has 3 aromatic rings. The first-order valence-electron chi connectivity index (χ1n) is 8.52. The number of benzene rings is 2. The van der Waals surface area contributed by atoms with Crippen molar-refractivity contribution >= 4 is 23.0 Å². The van der Waals surface area contributed by atoms with Crippen molar-refractivity contribution in [2.45, 2.75) is 6.42 Å². The maximum atomic E-state index is 11.6. The van der Waals surface area contributed by atoms with Crippen molar-refractivity contribution in [1.29, 1.82) is 0 Å². The largest absolute Gasteiger partial charge is 0.505 e. The van der Waals surface area contributed by atoms with Gasteiger partial charge in [-0.05, 0) is 17.7 Å². The van der Waals surface area contributed by atoms with E-state index in [1.54, 1.807) is 0 Å². The van der Waals surface area contributed by atoms with Crippen LogP contribution in [0.15, 0.2) is 36.9 Å². The van der Waals surface area contributed by atoms with Crippen molar-refractivity contribution < 1.29 is 34.0 Å². The number of aromatic carboxylic acids is 1. The summed E-state index contributed by atoms with van der Waals surface area (Å²) in [6.45, 7) is 3.31. The van der Waals surface area contributed by atoms with Gasteiger partial charge in [0, 0.05) is 24.6 Å². The molecule has 1 aliphatic rings. The highest BCUT2D eigenvalue weighted by molar-refractivity contribution is 5.95. The fourth-order valence-corrected chi connectivity index (χ4v) is 2.99. The highest BCUT2D eigenvalue weighted by Crippen LogP contribution is 2.39. The maximum Gasteiger partial charge on any atom is 0.336 e. The van der Waals surface area contributed by atoms with Gasteiger partial charge in [-0.25, -0.2) is 9.59 Å². The number of phenols is 1. The number of esters is 1. The van der Waals surface area contributed by atoms with Crippen LogP contribution in [0.3, 0.4) is 0 Å². The number of hydrogen-bond donors (Lipinski definition) is 2. The zero-order valence-corrected chi connectivity index (χ0v) is 15.0. The van der Waals surface area contributed by atoms with Gasteiger partial charge in [-0.3, -0.25) is 0 Å². The lowest BCUT2D eigenvalue weighted by molar-refractivity contribution is -0.137. The standard InChI is InChI=1S/C19H15N3O7/c1-2-17(24)27-6-5-10-11(19(25)26)3-4-12-18(10)21-22(20-12)13-7-15-16(8-14(13)23)29-9-28-15/h2-4,7-8,23H,1,5-6,9H2,(H,25,26). The Balaban J connectivity index is 1.77. The third-order valence-electron chi connectivity index (χ3n) is 4.34. The Morgan fingerprint density at radius 1 is 1.24 bits per heavy atom. The van der Waals surface area contributed by atoms with Crippen molar-refractivity contribution in [3.05, 3.63) is 48.0 Å². The summed E-state index contributed by atoms with van der Waals surface area (Å²) in [6, 6.07) is 5.85. The van der Waals surface area contributed by atoms with Crippen molar-refractivity contribution in [1.82, 2.24) is 15.0 Å². The van der Waals surface area contributed by atoms with Crippen LogP contribution in [-0.4, -0.2) is 50.5 Å². The molecule has 0 amide bonds. The molecule has 2 N–H and O–H groups in total. The van der Waals surface area contributed by atoms with Crippen LogP contribution in [0.5, 0.6) is 17.2 Å². The van der Waals surface area contributed by atoms with Crippen LogP contribution in [0.2, 0.25) is 0 Å². The number of carbonyl (C=O) groups excluding carboxylic acids is 1. The topological polar surface area (TPSA) is 133 Å². The van der Waals surface area contributed by atoms with E-state index in [0.29, 0.717) is 28.1 Å². The van der Waals surface area contributed by atoms with E-state index in [1.807, 2.05) is 0 Å². The van der Waals surface area contributed by atoms with E-state index in [0.717, 1.165) is 6.08 Å². The first kappa shape index (κ1) is 18.3. The number of rotatable bonds is 6. The van der Waals surface area contributed by atoms with Gasteiger partial charge >= 0.3 is 11.9 Å². The fourth-order valence-electron chi connectivity index (χ4n) is 2.99. The van der Waals surface area contributed by atoms with Gasteiger partial charge in [-0.2, -0.15) is 0 Å². The molecule has 0 saturated heterocycles. The lowest BCUT2D eigenvalue weighted by Crippen LogP contribution is -2.09. The fraction of sp³-hybridized carbons (Fsp3) is 0.158. The highest BCUT2D eigenvalue weighted by atomic mass is 16.7. The second-order valence-electron chi connectivity index (χ2n) is 6.07. The first-order chi connectivity index (χ1) is 14.0. The van der Waals surface area contributed by atoms with Gasteiger partial charge in [0.1, 0.15) is 22.5 Å². The van der Waals surface area contributed by atoms with Crippen molar-refractivity contribution in [3.63, 3.8) is 0 Å². The van der Waals surface area contributed by atoms with Crippen LogP contribution in [0.1, 0.15) is 15.9 Å². The number of phenolic OH excluding ortho intramolecular Hbond substituents is 1. The Morgan fingerprint density at radius 2 is 2.00 bits per heavy atom. The molecular formula is C19H15N3O7. The van der Waals surface area contributed by atoms with E-state index in [9.17, 15) is 19.8 Å². The molecule has 0 radical (unpaired) electrons. The third kappa shape index (κ3) is 3.31. The van der Waals surface area contributed by atoms with Crippen LogP contribution < -0.4 is 9.47 Å². The molecule has 10 heteroatoms. The number of hydrogen-bond acceptors (Lipinski definition) is 8. The van der Waals surface area contributed by atoms with E-state index in [1.165, 1.54) is 29.1 Å². The SMILES string of the molecule is C=CC(=O)OCCc1c(C(=O)O)ccc2nn(-c3cc4c(cc3O)OCO4)nc12. The average Bonchev–Trinajstić information content (AvgIpc) is 3.32. The summed E-state index contributed by atoms with van der Waals surface area (Å²) in [5.74, 6) is -1.04. The number of carbonyl (C=O) groups is 2. The number of aromatic nitrogens is 3. The van der Waals surface area contributed by atoms with Gasteiger partial charge in [0.15, 0.2) is 11.5 Å². The molecule has 29 heavy (non-hydrogen) atoms. The van der Waals surface area contributed by atoms with Crippen LogP contribution in [-0.2, 0) is 16.0 Å². The van der Waals surface area contributed by atoms with Gasteiger partial charge < -0.3 is 24.4 Å². The minimum atomic E-state index is -1.14. The second kappa shape index (κ2) is 7.15. The number of nitrogens with zero attached hydrogens (tertiary/aromatic N) is 3. The molecule has 4 rings (SSSR count). The summed E-state index contributed by atoms with van der Waals surface area (Å²) in [6.07, 6.45) is 1.14. The molecule has 0 atom stereocenters. The summed E-state index contributed by atoms with van der Waals surface area (Å²) in [4.78, 5) is 24.1. The first-order valence-corrected chi connectivity index (χ1v) is 8.52. The van der Waals surface area contributed by atoms with E-state index >= 15 is 0 Å². The van der Waals surface area contributed by atoms with Crippen molar-refractivity contribution in [2.75, 3.05) is 13.4 Å². The molecule has 0 bridgehead atoms. The number of aromatic hydroxyl groups is 1. The van der Waals surface area contributed by atoms with E-state index < -0.39 is 11.9 Å². The summed E-state index contributed by atoms with van der Waals surface area (Å²) in [5.41, 5.74) is 1.35. The number of carboxylic acids is 1. The smallest absolute Gasteiger partial charge is 0.336 e. The molecule has 1 aromatic heterocycles. The molecule has 0 fully saturated rings. The van der Waals surface area contributed by atoms with Crippen molar-refractivity contribution in [3.8, 4) is 22.9 Å². The summed E-state index contributed by atoms with van der Waals surface area (Å²) < 4.78 is 15.5. The third-order valence-corrected chi connectivity index (χ3v) is 4.34. The van der Waals surface area contributed by atoms with E-state index in [4.69, 9.17) is 14.2 Å². The van der Waals surface area contributed by atoms with E-state index in [-0.39, 0.29) is 36.8 Å². The van der Waals surface area contributed by atoms with Gasteiger partial charge in [0.05, 0.1) is 12.2 Å². The van der Waals surface area contributed by atoms with E-state index in [2.05, 4.69) is 16.8 Å². The zero-order valence-electron chi connectivity index (χ0n) is 15.0. The minimum absolute atomic E-state index is 0.0223. The number of fused-ring (bicyclic) bond motifs is 2. The van der Waals surface area contributed by atoms with Gasteiger partial charge in [0.2, 0.25) is 6.79 Å². The molecule has 148 valence electrons. The molecule has 1 aliphatic heterocycles. The molecule has 0 saturated carbocycles. The second-order valence-corrected chi connectivity index (χ2v) is 6.07. The van der Waals surface area contributed by atoms with Crippen molar-refractivity contribution in [2.24, 2.45) is 0 Å². The quantitative estimate of drug-likeness (QED) is 0.472. The maximum absolute atomic E-state index is 11.6. The Morgan fingerprint density at radius 3 is 2.72 bits per heavy atom. The van der Waals surface area contributed by atoms with Gasteiger partial charge in [-0.15, -0.1) is 15.0 Å². The molecule has 2 heterocycles. The number of ether oxygens (including phenoxy) is 3. The molecule has 0 spiro atoms. The van der Waals surface area contributed by atoms with Gasteiger partial charge in [0.25, 0.3) is 0 Å². The molecule has 0 aliphatic carbocycles. The van der Waals surface area contributed by atoms with Crippen LogP contribution >= 0.6 is 0 Å². The summed E-state index contributed by atoms with van der Waals surface area (Å²) >= 11 is 0. The summed E-state index contributed by atoms with van der Waals surface area (Å²) in [7, 11) is 0. The molecule has 10 nitrogen and oxygen atoms in total. The normalized spacial score (nSPS) is 12.1. The van der Waals surface area contributed by atoms with Crippen LogP contribution in [0, 0.1) is 0 Å².